The van der Waals surface area contributed by atoms with Crippen molar-refractivity contribution in [3.63, 3.8) is 0 Å². The van der Waals surface area contributed by atoms with Crippen LogP contribution < -0.4 is 5.32 Å². The number of aliphatic hydroxyl groups is 1. The number of nitrogens with zero attached hydrogens (tertiary/aromatic N) is 2. The third-order valence-corrected chi connectivity index (χ3v) is 3.67. The highest BCUT2D eigenvalue weighted by Crippen LogP contribution is 2.20. The Balaban J connectivity index is 5.32. The SMILES string of the molecule is CNC(=O)N(CC(C)(C)C(=O)OC)C(=O)N(O)C(=O)[C@@H](O)CCC(C)C. The van der Waals surface area contributed by atoms with Gasteiger partial charge in [-0.2, -0.15) is 0 Å². The van der Waals surface area contributed by atoms with Crippen molar-refractivity contribution < 1.29 is 34.2 Å². The Kier molecular flexibility index (Phi) is 9.22. The molecule has 0 heterocycles. The van der Waals surface area contributed by atoms with Crippen molar-refractivity contribution in [1.82, 2.24) is 15.3 Å². The predicted octanol–water partition coefficient (Wildman–Crippen LogP) is 0.962. The molecule has 5 amide bonds. The summed E-state index contributed by atoms with van der Waals surface area (Å²) in [5.74, 6) is -1.73. The number of hydroxylamine groups is 2. The van der Waals surface area contributed by atoms with Gasteiger partial charge in [-0.15, -0.1) is 5.06 Å². The number of carbonyl (C=O) groups is 4. The molecular formula is C16H29N3O7. The summed E-state index contributed by atoms with van der Waals surface area (Å²) < 4.78 is 4.62. The second-order valence-corrected chi connectivity index (χ2v) is 6.94. The van der Waals surface area contributed by atoms with Crippen LogP contribution in [0.2, 0.25) is 0 Å². The maximum Gasteiger partial charge on any atom is 0.359 e. The molecule has 0 rings (SSSR count). The van der Waals surface area contributed by atoms with Crippen LogP contribution in [0.5, 0.6) is 0 Å². The Labute approximate surface area is 153 Å². The number of methoxy groups -OCH3 is 1. The second-order valence-electron chi connectivity index (χ2n) is 6.94. The lowest BCUT2D eigenvalue weighted by Gasteiger charge is -2.30. The van der Waals surface area contributed by atoms with Gasteiger partial charge in [-0.25, -0.2) is 14.5 Å². The number of urea groups is 2. The molecule has 0 aromatic heterocycles. The van der Waals surface area contributed by atoms with Crippen LogP contribution in [0.15, 0.2) is 0 Å². The number of carbonyl (C=O) groups excluding carboxylic acids is 4. The van der Waals surface area contributed by atoms with Crippen LogP contribution in [0.4, 0.5) is 9.59 Å². The van der Waals surface area contributed by atoms with Crippen molar-refractivity contribution in [2.45, 2.75) is 46.6 Å². The first kappa shape index (κ1) is 23.8. The van der Waals surface area contributed by atoms with Crippen molar-refractivity contribution in [1.29, 1.82) is 0 Å². The minimum Gasteiger partial charge on any atom is -0.469 e. The Morgan fingerprint density at radius 3 is 2.12 bits per heavy atom. The molecule has 10 nitrogen and oxygen atoms in total. The van der Waals surface area contributed by atoms with Gasteiger partial charge < -0.3 is 15.2 Å². The molecule has 1 atom stereocenters. The van der Waals surface area contributed by atoms with E-state index in [1.165, 1.54) is 20.9 Å². The van der Waals surface area contributed by atoms with Gasteiger partial charge in [0.2, 0.25) is 0 Å². The zero-order valence-corrected chi connectivity index (χ0v) is 16.1. The topological polar surface area (TPSA) is 136 Å². The molecule has 0 aliphatic carbocycles. The van der Waals surface area contributed by atoms with Gasteiger partial charge in [0, 0.05) is 13.6 Å². The molecule has 150 valence electrons. The van der Waals surface area contributed by atoms with E-state index in [-0.39, 0.29) is 17.4 Å². The normalized spacial score (nSPS) is 12.3. The Morgan fingerprint density at radius 2 is 1.69 bits per heavy atom. The fraction of sp³-hybridized carbons (Fsp3) is 0.750. The number of ether oxygens (including phenoxy) is 1. The molecule has 0 bridgehead atoms. The van der Waals surface area contributed by atoms with E-state index < -0.39 is 42.0 Å². The van der Waals surface area contributed by atoms with Gasteiger partial charge in [0.1, 0.15) is 6.10 Å². The van der Waals surface area contributed by atoms with Crippen LogP contribution in [0.1, 0.15) is 40.5 Å². The average molecular weight is 375 g/mol. The maximum absolute atomic E-state index is 12.4. The van der Waals surface area contributed by atoms with Gasteiger partial charge >= 0.3 is 18.0 Å². The fourth-order valence-electron chi connectivity index (χ4n) is 2.06. The molecule has 0 fully saturated rings. The van der Waals surface area contributed by atoms with Crippen LogP contribution in [0, 0.1) is 11.3 Å². The van der Waals surface area contributed by atoms with Crippen molar-refractivity contribution in [3.8, 4) is 0 Å². The molecular weight excluding hydrogens is 346 g/mol. The minimum absolute atomic E-state index is 0.0501. The lowest BCUT2D eigenvalue weighted by molar-refractivity contribution is -0.164. The Morgan fingerprint density at radius 1 is 1.15 bits per heavy atom. The molecule has 10 heteroatoms. The van der Waals surface area contributed by atoms with E-state index in [0.29, 0.717) is 11.3 Å². The molecule has 0 saturated heterocycles. The van der Waals surface area contributed by atoms with Crippen molar-refractivity contribution in [3.05, 3.63) is 0 Å². The Hall–Kier alpha value is -2.20. The van der Waals surface area contributed by atoms with Gasteiger partial charge in [0.05, 0.1) is 12.5 Å². The van der Waals surface area contributed by atoms with Crippen molar-refractivity contribution in [2.75, 3.05) is 20.7 Å². The van der Waals surface area contributed by atoms with Gasteiger partial charge in [-0.1, -0.05) is 13.8 Å². The average Bonchev–Trinajstić information content (AvgIpc) is 2.60. The first-order valence-electron chi connectivity index (χ1n) is 8.21. The summed E-state index contributed by atoms with van der Waals surface area (Å²) in [5, 5.41) is 21.6. The number of amides is 5. The maximum atomic E-state index is 12.4. The third kappa shape index (κ3) is 6.60. The molecule has 0 saturated carbocycles. The van der Waals surface area contributed by atoms with E-state index in [9.17, 15) is 29.5 Å². The highest BCUT2D eigenvalue weighted by atomic mass is 16.5. The van der Waals surface area contributed by atoms with Crippen molar-refractivity contribution in [2.24, 2.45) is 11.3 Å². The molecule has 0 spiro atoms. The minimum atomic E-state index is -1.59. The van der Waals surface area contributed by atoms with E-state index in [1.54, 1.807) is 0 Å². The summed E-state index contributed by atoms with van der Waals surface area (Å²) in [4.78, 5) is 48.7. The zero-order valence-electron chi connectivity index (χ0n) is 16.1. The second kappa shape index (κ2) is 10.1. The van der Waals surface area contributed by atoms with Crippen LogP contribution in [-0.2, 0) is 14.3 Å². The highest BCUT2D eigenvalue weighted by Gasteiger charge is 2.39. The highest BCUT2D eigenvalue weighted by molar-refractivity contribution is 6.02. The lowest BCUT2D eigenvalue weighted by atomic mass is 9.93. The summed E-state index contributed by atoms with van der Waals surface area (Å²) in [6.45, 7) is 6.19. The number of hydrogen-bond acceptors (Lipinski definition) is 7. The fourth-order valence-corrected chi connectivity index (χ4v) is 2.06. The molecule has 0 aromatic rings. The molecule has 0 aliphatic heterocycles. The lowest BCUT2D eigenvalue weighted by Crippen LogP contribution is -2.55. The summed E-state index contributed by atoms with van der Waals surface area (Å²) >= 11 is 0. The quantitative estimate of drug-likeness (QED) is 0.342. The number of aliphatic hydroxyl groups excluding tert-OH is 1. The molecule has 0 unspecified atom stereocenters. The van der Waals surface area contributed by atoms with Crippen LogP contribution >= 0.6 is 0 Å². The first-order valence-corrected chi connectivity index (χ1v) is 8.21. The van der Waals surface area contributed by atoms with Gasteiger partial charge in [-0.05, 0) is 32.6 Å². The number of nitrogens with one attached hydrogen (secondary N) is 1. The molecule has 0 aliphatic rings. The van der Waals surface area contributed by atoms with E-state index in [4.69, 9.17) is 0 Å². The summed E-state index contributed by atoms with van der Waals surface area (Å²) in [6.07, 6.45) is -1.04. The Bertz CT molecular complexity index is 534. The number of hydrogen-bond donors (Lipinski definition) is 3. The molecule has 3 N–H and O–H groups in total. The molecule has 0 radical (unpaired) electrons. The number of rotatable bonds is 7. The van der Waals surface area contributed by atoms with Gasteiger partial charge in [-0.3, -0.25) is 14.8 Å². The van der Waals surface area contributed by atoms with Crippen LogP contribution in [-0.4, -0.2) is 71.0 Å². The zero-order chi connectivity index (χ0) is 20.7. The standard InChI is InChI=1S/C16H29N3O7/c1-10(2)7-8-11(20)12(21)19(25)15(24)18(14(23)17-5)9-16(3,4)13(22)26-6/h10-11,20,25H,7-9H2,1-6H3,(H,17,23)/t11-/m0/s1. The van der Waals surface area contributed by atoms with Crippen molar-refractivity contribution >= 4 is 23.9 Å². The third-order valence-electron chi connectivity index (χ3n) is 3.67. The van der Waals surface area contributed by atoms with Crippen LogP contribution in [0.3, 0.4) is 0 Å². The van der Waals surface area contributed by atoms with E-state index in [0.717, 1.165) is 7.11 Å². The summed E-state index contributed by atoms with van der Waals surface area (Å²) in [7, 11) is 2.40. The monoisotopic (exact) mass is 375 g/mol. The van der Waals surface area contributed by atoms with E-state index in [2.05, 4.69) is 10.1 Å². The largest absolute Gasteiger partial charge is 0.469 e. The molecule has 26 heavy (non-hydrogen) atoms. The van der Waals surface area contributed by atoms with Crippen LogP contribution in [0.25, 0.3) is 0 Å². The van der Waals surface area contributed by atoms with E-state index >= 15 is 0 Å². The van der Waals surface area contributed by atoms with Gasteiger partial charge in [0.15, 0.2) is 0 Å². The predicted molar refractivity (Wildman–Crippen MR) is 91.1 cm³/mol. The number of esters is 1. The smallest absolute Gasteiger partial charge is 0.359 e. The number of imide groups is 2. The first-order chi connectivity index (χ1) is 11.9. The molecule has 0 aromatic carbocycles. The van der Waals surface area contributed by atoms with Gasteiger partial charge in [0.25, 0.3) is 5.91 Å². The van der Waals surface area contributed by atoms with E-state index in [1.807, 2.05) is 13.8 Å². The summed E-state index contributed by atoms with van der Waals surface area (Å²) in [5.41, 5.74) is -1.28. The summed E-state index contributed by atoms with van der Waals surface area (Å²) in [6, 6.07) is -2.31.